The van der Waals surface area contributed by atoms with Gasteiger partial charge in [0, 0.05) is 25.5 Å². The number of amides is 1. The van der Waals surface area contributed by atoms with Gasteiger partial charge in [-0.3, -0.25) is 9.69 Å². The first-order valence-electron chi connectivity index (χ1n) is 9.20. The predicted molar refractivity (Wildman–Crippen MR) is 126 cm³/mol. The second kappa shape index (κ2) is 10.3. The van der Waals surface area contributed by atoms with Gasteiger partial charge in [0.05, 0.1) is 32.4 Å². The van der Waals surface area contributed by atoms with Gasteiger partial charge in [0.15, 0.2) is 5.13 Å². The first-order valence-corrected chi connectivity index (χ1v) is 11.2. The summed E-state index contributed by atoms with van der Waals surface area (Å²) in [5, 5.41) is 0.675. The van der Waals surface area contributed by atoms with Crippen LogP contribution >= 0.6 is 46.7 Å². The van der Waals surface area contributed by atoms with Gasteiger partial charge in [-0.2, -0.15) is 0 Å². The molecule has 0 atom stereocenters. The number of carbonyl (C=O) groups excluding carboxylic acids is 1. The maximum atomic E-state index is 13.2. The normalized spacial score (nSPS) is 10.7. The number of fused-ring (bicyclic) bond motifs is 1. The first kappa shape index (κ1) is 22.6. The Balaban J connectivity index is 0.00000256. The number of hydrogen-bond acceptors (Lipinski definition) is 6. The van der Waals surface area contributed by atoms with Gasteiger partial charge in [-0.1, -0.05) is 22.9 Å². The van der Waals surface area contributed by atoms with Crippen LogP contribution in [0.2, 0.25) is 4.34 Å². The number of carbonyl (C=O) groups is 1. The molecule has 0 saturated heterocycles. The third-order valence-electron chi connectivity index (χ3n) is 4.28. The van der Waals surface area contributed by atoms with Gasteiger partial charge in [0.25, 0.3) is 5.91 Å². The van der Waals surface area contributed by atoms with E-state index >= 15 is 0 Å². The molecule has 4 rings (SSSR count). The van der Waals surface area contributed by atoms with Crippen LogP contribution in [0.1, 0.15) is 23.0 Å². The summed E-state index contributed by atoms with van der Waals surface area (Å²) in [5.74, 6) is 0.717. The number of nitrogens with zero attached hydrogens (tertiary/aromatic N) is 4. The number of thiophene rings is 1. The highest BCUT2D eigenvalue weighted by atomic mass is 35.5. The molecule has 0 radical (unpaired) electrons. The molecule has 0 aliphatic rings. The Morgan fingerprint density at radius 3 is 2.83 bits per heavy atom. The van der Waals surface area contributed by atoms with E-state index in [1.165, 1.54) is 22.7 Å². The quantitative estimate of drug-likeness (QED) is 0.320. The van der Waals surface area contributed by atoms with E-state index in [4.69, 9.17) is 21.3 Å². The van der Waals surface area contributed by atoms with Crippen molar-refractivity contribution in [3.05, 3.63) is 58.3 Å². The molecule has 0 aliphatic heterocycles. The summed E-state index contributed by atoms with van der Waals surface area (Å²) in [6.07, 6.45) is 6.22. The van der Waals surface area contributed by atoms with Gasteiger partial charge in [0.1, 0.15) is 5.75 Å². The zero-order valence-electron chi connectivity index (χ0n) is 16.2. The molecule has 0 unspecified atom stereocenters. The molecule has 158 valence electrons. The van der Waals surface area contributed by atoms with Gasteiger partial charge in [-0.15, -0.1) is 23.7 Å². The molecule has 0 bridgehead atoms. The SMILES string of the molecule is CCOc1ccc2nc(N(CCCn3ccnc3)C(=O)c3ccc(Cl)s3)sc2c1.Cl. The van der Waals surface area contributed by atoms with Gasteiger partial charge >= 0.3 is 0 Å². The Morgan fingerprint density at radius 2 is 2.13 bits per heavy atom. The van der Waals surface area contributed by atoms with E-state index in [2.05, 4.69) is 4.98 Å². The van der Waals surface area contributed by atoms with E-state index in [-0.39, 0.29) is 18.3 Å². The van der Waals surface area contributed by atoms with E-state index < -0.39 is 0 Å². The molecule has 4 aromatic rings. The molecule has 0 spiro atoms. The summed E-state index contributed by atoms with van der Waals surface area (Å²) >= 11 is 8.82. The second-order valence-corrected chi connectivity index (χ2v) is 9.00. The van der Waals surface area contributed by atoms with Crippen molar-refractivity contribution in [1.29, 1.82) is 0 Å². The first-order chi connectivity index (χ1) is 14.1. The number of anilines is 1. The third-order valence-corrected chi connectivity index (χ3v) is 6.54. The van der Waals surface area contributed by atoms with Crippen molar-refractivity contribution in [3.8, 4) is 5.75 Å². The number of ether oxygens (including phenoxy) is 1. The zero-order valence-corrected chi connectivity index (χ0v) is 19.4. The van der Waals surface area contributed by atoms with E-state index in [0.717, 1.165) is 28.9 Å². The summed E-state index contributed by atoms with van der Waals surface area (Å²) in [5.41, 5.74) is 0.852. The number of rotatable bonds is 8. The van der Waals surface area contributed by atoms with Crippen molar-refractivity contribution in [2.75, 3.05) is 18.1 Å². The smallest absolute Gasteiger partial charge is 0.270 e. The fraction of sp³-hybridized carbons (Fsp3) is 0.250. The van der Waals surface area contributed by atoms with Gasteiger partial charge in [0.2, 0.25) is 0 Å². The summed E-state index contributed by atoms with van der Waals surface area (Å²) in [4.78, 5) is 24.3. The Hall–Kier alpha value is -2.13. The summed E-state index contributed by atoms with van der Waals surface area (Å²) < 4.78 is 9.17. The Labute approximate surface area is 193 Å². The van der Waals surface area contributed by atoms with E-state index in [1.807, 2.05) is 35.9 Å². The molecular weight excluding hydrogens is 463 g/mol. The molecule has 0 N–H and O–H groups in total. The molecule has 30 heavy (non-hydrogen) atoms. The molecule has 0 fully saturated rings. The van der Waals surface area contributed by atoms with Crippen LogP contribution in [0.4, 0.5) is 5.13 Å². The molecule has 3 aromatic heterocycles. The summed E-state index contributed by atoms with van der Waals surface area (Å²) in [7, 11) is 0. The second-order valence-electron chi connectivity index (χ2n) is 6.27. The average Bonchev–Trinajstić information content (AvgIpc) is 3.45. The monoisotopic (exact) mass is 482 g/mol. The molecule has 3 heterocycles. The number of aryl methyl sites for hydroxylation is 1. The molecule has 1 amide bonds. The lowest BCUT2D eigenvalue weighted by molar-refractivity contribution is 0.0990. The van der Waals surface area contributed by atoms with Crippen LogP contribution in [-0.4, -0.2) is 33.6 Å². The van der Waals surface area contributed by atoms with Crippen LogP contribution in [-0.2, 0) is 6.54 Å². The topological polar surface area (TPSA) is 60.2 Å². The average molecular weight is 483 g/mol. The number of halogens is 2. The Morgan fingerprint density at radius 1 is 1.27 bits per heavy atom. The predicted octanol–water partition coefficient (Wildman–Crippen LogP) is 5.77. The summed E-state index contributed by atoms with van der Waals surface area (Å²) in [6.45, 7) is 3.88. The van der Waals surface area contributed by atoms with Gasteiger partial charge in [-0.05, 0) is 43.7 Å². The minimum atomic E-state index is -0.0865. The highest BCUT2D eigenvalue weighted by Gasteiger charge is 2.22. The van der Waals surface area contributed by atoms with Gasteiger partial charge < -0.3 is 9.30 Å². The maximum absolute atomic E-state index is 13.2. The van der Waals surface area contributed by atoms with Crippen molar-refractivity contribution < 1.29 is 9.53 Å². The zero-order chi connectivity index (χ0) is 20.2. The number of hydrogen-bond donors (Lipinski definition) is 0. The molecule has 0 aliphatic carbocycles. The lowest BCUT2D eigenvalue weighted by Gasteiger charge is -2.19. The minimum Gasteiger partial charge on any atom is -0.494 e. The van der Waals surface area contributed by atoms with Crippen molar-refractivity contribution in [2.24, 2.45) is 0 Å². The molecule has 0 saturated carbocycles. The summed E-state index contributed by atoms with van der Waals surface area (Å²) in [6, 6.07) is 9.31. The minimum absolute atomic E-state index is 0. The molecule has 6 nitrogen and oxygen atoms in total. The number of imidazole rings is 1. The Kier molecular flexibility index (Phi) is 7.71. The number of aromatic nitrogens is 3. The number of thiazole rings is 1. The molecule has 10 heteroatoms. The van der Waals surface area contributed by atoms with E-state index in [0.29, 0.717) is 27.5 Å². The van der Waals surface area contributed by atoms with Crippen LogP contribution in [0.15, 0.2) is 49.1 Å². The van der Waals surface area contributed by atoms with Crippen LogP contribution in [0.5, 0.6) is 5.75 Å². The maximum Gasteiger partial charge on any atom is 0.270 e. The Bertz CT molecular complexity index is 1110. The third kappa shape index (κ3) is 5.13. The lowest BCUT2D eigenvalue weighted by atomic mass is 10.3. The largest absolute Gasteiger partial charge is 0.494 e. The van der Waals surface area contributed by atoms with E-state index in [1.54, 1.807) is 29.6 Å². The fourth-order valence-electron chi connectivity index (χ4n) is 2.94. The highest BCUT2D eigenvalue weighted by molar-refractivity contribution is 7.22. The lowest BCUT2D eigenvalue weighted by Crippen LogP contribution is -2.31. The van der Waals surface area contributed by atoms with Crippen molar-refractivity contribution in [1.82, 2.24) is 14.5 Å². The standard InChI is InChI=1S/C20H19ClN4O2S2.ClH/c1-2-27-14-4-5-15-17(12-14)29-20(23-15)25(10-3-9-24-11-8-22-13-24)19(26)16-6-7-18(21)28-16;/h4-8,11-13H,2-3,9-10H2,1H3;1H. The highest BCUT2D eigenvalue weighted by Crippen LogP contribution is 2.33. The van der Waals surface area contributed by atoms with Gasteiger partial charge in [-0.25, -0.2) is 9.97 Å². The van der Waals surface area contributed by atoms with Crippen molar-refractivity contribution >= 4 is 67.9 Å². The van der Waals surface area contributed by atoms with Crippen LogP contribution in [0, 0.1) is 0 Å². The van der Waals surface area contributed by atoms with Crippen molar-refractivity contribution in [3.63, 3.8) is 0 Å². The van der Waals surface area contributed by atoms with Crippen molar-refractivity contribution in [2.45, 2.75) is 19.9 Å². The van der Waals surface area contributed by atoms with Crippen LogP contribution in [0.25, 0.3) is 10.2 Å². The molecule has 1 aromatic carbocycles. The molecular formula is C20H20Cl2N4O2S2. The van der Waals surface area contributed by atoms with Crippen LogP contribution < -0.4 is 9.64 Å². The fourth-order valence-corrected chi connectivity index (χ4v) is 4.95. The van der Waals surface area contributed by atoms with Crippen LogP contribution in [0.3, 0.4) is 0 Å². The van der Waals surface area contributed by atoms with E-state index in [9.17, 15) is 4.79 Å². The number of benzene rings is 1.